The molecule has 2 aromatic rings. The van der Waals surface area contributed by atoms with E-state index < -0.39 is 21.6 Å². The summed E-state index contributed by atoms with van der Waals surface area (Å²) in [6.45, 7) is 10.3. The minimum absolute atomic E-state index is 0.0661. The first kappa shape index (κ1) is 41.0. The minimum atomic E-state index is -4.62. The van der Waals surface area contributed by atoms with Crippen LogP contribution >= 0.6 is 0 Å². The van der Waals surface area contributed by atoms with Gasteiger partial charge in [-0.2, -0.15) is 4.58 Å². The van der Waals surface area contributed by atoms with E-state index in [-0.39, 0.29) is 16.2 Å². The van der Waals surface area contributed by atoms with Gasteiger partial charge in [-0.3, -0.25) is 4.79 Å². The third-order valence-corrected chi connectivity index (χ3v) is 12.9. The highest BCUT2D eigenvalue weighted by Gasteiger charge is 2.49. The van der Waals surface area contributed by atoms with Gasteiger partial charge in [0.15, 0.2) is 5.71 Å². The molecule has 2 amide bonds. The fourth-order valence-electron chi connectivity index (χ4n) is 8.90. The number of allylic oxidation sites excluding steroid dienone is 6. The molecule has 0 bridgehead atoms. The first-order chi connectivity index (χ1) is 26.7. The van der Waals surface area contributed by atoms with Gasteiger partial charge in [0, 0.05) is 73.4 Å². The topological polar surface area (TPSA) is 131 Å². The summed E-state index contributed by atoms with van der Waals surface area (Å²) >= 11 is 0. The second-order valence-corrected chi connectivity index (χ2v) is 17.8. The summed E-state index contributed by atoms with van der Waals surface area (Å²) in [5, 5.41) is 5.61. The van der Waals surface area contributed by atoms with Crippen LogP contribution in [0.4, 0.5) is 16.2 Å². The predicted octanol–water partition coefficient (Wildman–Crippen LogP) is 7.23. The maximum atomic E-state index is 12.5. The van der Waals surface area contributed by atoms with E-state index in [9.17, 15) is 22.6 Å². The first-order valence-corrected chi connectivity index (χ1v) is 21.4. The molecular weight excluding hydrogens is 725 g/mol. The van der Waals surface area contributed by atoms with Crippen LogP contribution in [0.2, 0.25) is 0 Å². The number of nitrogens with one attached hydrogen (secondary N) is 2. The average Bonchev–Trinajstić information content (AvgIpc) is 3.68. The largest absolute Gasteiger partial charge is 0.744 e. The molecule has 10 nitrogen and oxygen atoms in total. The Morgan fingerprint density at radius 3 is 2.36 bits per heavy atom. The summed E-state index contributed by atoms with van der Waals surface area (Å²) in [7, 11) is -2.52. The molecule has 56 heavy (non-hydrogen) atoms. The molecule has 3 atom stereocenters. The molecule has 1 unspecified atom stereocenters. The Labute approximate surface area is 332 Å². The van der Waals surface area contributed by atoms with Crippen LogP contribution in [0.25, 0.3) is 0 Å². The Hall–Kier alpha value is -4.66. The van der Waals surface area contributed by atoms with Crippen LogP contribution in [-0.2, 0) is 30.5 Å². The molecule has 4 aliphatic rings. The standard InChI is InChI=1S/C45H56N4O6S/c1-44(2)36-20-15-16-21-38(36)48(5)40(44)22-12-8-13-23-41-45(3,4)37-30-32(56(52,53)54)25-26-39(37)49(41)29-17-9-14-24-42(50)46-27-28-47-43(51)55-31-35-33-18-10-6-7-11-19-34(33)35/h8,12-13,15-16,20-23,25-26,30,33-35H,9-11,14,17-19,24,27-29,31H2,1-5H3,(H2-,46,47,50,51,52,53,54)/t33-,34+,35?. The lowest BCUT2D eigenvalue weighted by molar-refractivity contribution is -0.401. The second-order valence-electron chi connectivity index (χ2n) is 16.4. The van der Waals surface area contributed by atoms with E-state index in [1.165, 1.54) is 29.1 Å². The number of unbranched alkanes of at least 4 members (excludes halogenated alkanes) is 2. The van der Waals surface area contributed by atoms with Gasteiger partial charge < -0.3 is 24.8 Å². The summed E-state index contributed by atoms with van der Waals surface area (Å²) in [5.74, 6) is 8.02. The van der Waals surface area contributed by atoms with Crippen LogP contribution in [0.15, 0.2) is 83.4 Å². The summed E-state index contributed by atoms with van der Waals surface area (Å²) in [6, 6.07) is 13.1. The molecule has 6 rings (SSSR count). The van der Waals surface area contributed by atoms with Crippen molar-refractivity contribution in [2.45, 2.75) is 94.8 Å². The zero-order valence-electron chi connectivity index (χ0n) is 33.4. The Bertz CT molecular complexity index is 2100. The number of hydrogen-bond acceptors (Lipinski definition) is 7. The number of nitrogens with zero attached hydrogens (tertiary/aromatic N) is 2. The fraction of sp³-hybridized carbons (Fsp3) is 0.489. The maximum Gasteiger partial charge on any atom is 0.407 e. The SMILES string of the molecule is C[N+]1=C(/C=C/C=C/C=C2\N(CCCCCC(=O)NCCNC(=O)OCC3[C@H]4CCC#CCC[C@@H]34)c3ccc(S(=O)(=O)[O-])cc3C2(C)C)C(C)(C)c2ccccc21. The van der Waals surface area contributed by atoms with E-state index in [4.69, 9.17) is 4.74 Å². The fourth-order valence-corrected chi connectivity index (χ4v) is 9.40. The molecule has 2 N–H and O–H groups in total. The quantitative estimate of drug-likeness (QED) is 0.0641. The molecule has 2 aliphatic carbocycles. The summed E-state index contributed by atoms with van der Waals surface area (Å²) in [6.07, 6.45) is 16.5. The van der Waals surface area contributed by atoms with Crippen molar-refractivity contribution in [2.24, 2.45) is 17.8 Å². The molecule has 1 fully saturated rings. The molecule has 1 saturated carbocycles. The summed E-state index contributed by atoms with van der Waals surface area (Å²) in [4.78, 5) is 26.7. The first-order valence-electron chi connectivity index (χ1n) is 20.0. The van der Waals surface area contributed by atoms with Crippen LogP contribution in [-0.4, -0.2) is 68.5 Å². The van der Waals surface area contributed by atoms with E-state index in [1.807, 2.05) is 32.1 Å². The Morgan fingerprint density at radius 1 is 0.929 bits per heavy atom. The van der Waals surface area contributed by atoms with Crippen molar-refractivity contribution < 1.29 is 31.9 Å². The average molecular weight is 781 g/mol. The molecule has 11 heteroatoms. The molecule has 2 aliphatic heterocycles. The number of alkyl carbamates (subject to hydrolysis) is 1. The Morgan fingerprint density at radius 2 is 1.64 bits per heavy atom. The van der Waals surface area contributed by atoms with Gasteiger partial charge in [-0.05, 0) is 87.1 Å². The van der Waals surface area contributed by atoms with Crippen molar-refractivity contribution in [3.8, 4) is 11.8 Å². The van der Waals surface area contributed by atoms with Gasteiger partial charge in [0.2, 0.25) is 11.6 Å². The van der Waals surface area contributed by atoms with Crippen molar-refractivity contribution >= 4 is 39.2 Å². The van der Waals surface area contributed by atoms with Crippen LogP contribution in [0.3, 0.4) is 0 Å². The zero-order valence-corrected chi connectivity index (χ0v) is 34.2. The molecule has 2 heterocycles. The van der Waals surface area contributed by atoms with E-state index >= 15 is 0 Å². The normalized spacial score (nSPS) is 22.6. The number of fused-ring (bicyclic) bond motifs is 3. The number of benzene rings is 2. The van der Waals surface area contributed by atoms with Crippen molar-refractivity contribution in [3.63, 3.8) is 0 Å². The van der Waals surface area contributed by atoms with Gasteiger partial charge >= 0.3 is 6.09 Å². The summed E-state index contributed by atoms with van der Waals surface area (Å²) < 4.78 is 43.5. The number of ether oxygens (including phenoxy) is 1. The minimum Gasteiger partial charge on any atom is -0.744 e. The highest BCUT2D eigenvalue weighted by molar-refractivity contribution is 7.85. The summed E-state index contributed by atoms with van der Waals surface area (Å²) in [5.41, 5.74) is 5.68. The number of amides is 2. The zero-order chi connectivity index (χ0) is 40.1. The number of para-hydroxylation sites is 1. The van der Waals surface area contributed by atoms with Crippen molar-refractivity contribution in [1.82, 2.24) is 10.6 Å². The van der Waals surface area contributed by atoms with Crippen molar-refractivity contribution in [3.05, 3.63) is 89.7 Å². The molecule has 0 radical (unpaired) electrons. The van der Waals surface area contributed by atoms with E-state index in [2.05, 4.69) is 89.3 Å². The molecule has 2 aromatic carbocycles. The third-order valence-electron chi connectivity index (χ3n) is 12.1. The second kappa shape index (κ2) is 17.2. The molecule has 0 saturated heterocycles. The smallest absolute Gasteiger partial charge is 0.407 e. The monoisotopic (exact) mass is 780 g/mol. The van der Waals surface area contributed by atoms with Gasteiger partial charge in [-0.15, -0.1) is 11.8 Å². The Balaban J connectivity index is 0.984. The lowest BCUT2D eigenvalue weighted by Crippen LogP contribution is -2.35. The van der Waals surface area contributed by atoms with E-state index in [0.717, 1.165) is 55.5 Å². The van der Waals surface area contributed by atoms with Gasteiger partial charge in [0.05, 0.1) is 16.9 Å². The van der Waals surface area contributed by atoms with Crippen LogP contribution in [0.5, 0.6) is 0 Å². The molecular formula is C45H56N4O6S. The van der Waals surface area contributed by atoms with Gasteiger partial charge in [0.25, 0.3) is 0 Å². The van der Waals surface area contributed by atoms with Gasteiger partial charge in [-0.1, -0.05) is 56.7 Å². The highest BCUT2D eigenvalue weighted by atomic mass is 32.2. The van der Waals surface area contributed by atoms with E-state index in [1.54, 1.807) is 6.07 Å². The van der Waals surface area contributed by atoms with Crippen molar-refractivity contribution in [2.75, 3.05) is 38.2 Å². The number of carbonyl (C=O) groups is 2. The molecule has 0 spiro atoms. The number of rotatable bonds is 15. The van der Waals surface area contributed by atoms with Gasteiger partial charge in [0.1, 0.15) is 17.2 Å². The van der Waals surface area contributed by atoms with Crippen LogP contribution in [0, 0.1) is 29.6 Å². The highest BCUT2D eigenvalue weighted by Crippen LogP contribution is 2.52. The van der Waals surface area contributed by atoms with Crippen molar-refractivity contribution in [1.29, 1.82) is 0 Å². The predicted molar refractivity (Wildman–Crippen MR) is 219 cm³/mol. The van der Waals surface area contributed by atoms with Crippen LogP contribution < -0.4 is 15.5 Å². The maximum absolute atomic E-state index is 12.5. The molecule has 0 aromatic heterocycles. The molecule has 298 valence electrons. The van der Waals surface area contributed by atoms with Crippen LogP contribution in [0.1, 0.15) is 90.2 Å². The Kier molecular flexibility index (Phi) is 12.6. The third kappa shape index (κ3) is 9.14. The number of carbonyl (C=O) groups excluding carboxylic acids is 2. The number of anilines is 1. The number of hydrogen-bond donors (Lipinski definition) is 2. The lowest BCUT2D eigenvalue weighted by atomic mass is 9.81. The van der Waals surface area contributed by atoms with E-state index in [0.29, 0.717) is 56.8 Å². The lowest BCUT2D eigenvalue weighted by Gasteiger charge is -2.27. The van der Waals surface area contributed by atoms with Gasteiger partial charge in [-0.25, -0.2) is 13.2 Å².